The highest BCUT2D eigenvalue weighted by Crippen LogP contribution is 2.24. The van der Waals surface area contributed by atoms with Crippen LogP contribution >= 0.6 is 0 Å². The first-order chi connectivity index (χ1) is 9.52. The van der Waals surface area contributed by atoms with Gasteiger partial charge in [0, 0.05) is 11.3 Å². The second kappa shape index (κ2) is 5.66. The van der Waals surface area contributed by atoms with Crippen molar-refractivity contribution in [2.75, 3.05) is 5.32 Å². The lowest BCUT2D eigenvalue weighted by Crippen LogP contribution is -2.09. The Hall–Kier alpha value is -2.48. The normalized spacial score (nSPS) is 11.8. The van der Waals surface area contributed by atoms with E-state index in [1.807, 2.05) is 0 Å². The molecule has 0 spiro atoms. The number of rotatable bonds is 3. The molecule has 0 aliphatic rings. The highest BCUT2D eigenvalue weighted by Gasteiger charge is 2.14. The molecule has 0 aliphatic heterocycles. The summed E-state index contributed by atoms with van der Waals surface area (Å²) in [5, 5.41) is 11.7. The molecule has 2 aromatic carbocycles. The van der Waals surface area contributed by atoms with Gasteiger partial charge in [-0.3, -0.25) is 0 Å². The molecule has 0 radical (unpaired) electrons. The molecule has 1 unspecified atom stereocenters. The van der Waals surface area contributed by atoms with E-state index in [9.17, 15) is 13.2 Å². The molecular formula is C15H11F3N2. The second-order valence-corrected chi connectivity index (χ2v) is 4.32. The van der Waals surface area contributed by atoms with E-state index in [1.165, 1.54) is 24.3 Å². The summed E-state index contributed by atoms with van der Waals surface area (Å²) >= 11 is 0. The number of benzene rings is 2. The monoisotopic (exact) mass is 276 g/mol. The van der Waals surface area contributed by atoms with Crippen LogP contribution in [-0.2, 0) is 0 Å². The maximum atomic E-state index is 13.6. The van der Waals surface area contributed by atoms with Crippen molar-refractivity contribution >= 4 is 5.69 Å². The zero-order valence-corrected chi connectivity index (χ0v) is 10.6. The molecule has 0 saturated heterocycles. The smallest absolute Gasteiger partial charge is 0.164 e. The molecule has 0 saturated carbocycles. The Morgan fingerprint density at radius 3 is 2.55 bits per heavy atom. The van der Waals surface area contributed by atoms with E-state index in [0.717, 1.165) is 12.1 Å². The van der Waals surface area contributed by atoms with Crippen molar-refractivity contribution in [3.05, 3.63) is 65.0 Å². The second-order valence-electron chi connectivity index (χ2n) is 4.32. The number of nitriles is 1. The van der Waals surface area contributed by atoms with Crippen LogP contribution in [-0.4, -0.2) is 0 Å². The molecular weight excluding hydrogens is 265 g/mol. The number of hydrogen-bond donors (Lipinski definition) is 1. The molecule has 0 aliphatic carbocycles. The first-order valence-electron chi connectivity index (χ1n) is 5.93. The minimum absolute atomic E-state index is 0.109. The average molecular weight is 276 g/mol. The van der Waals surface area contributed by atoms with E-state index in [1.54, 1.807) is 13.0 Å². The molecule has 5 heteroatoms. The van der Waals surface area contributed by atoms with Gasteiger partial charge in [0.2, 0.25) is 0 Å². The zero-order valence-electron chi connectivity index (χ0n) is 10.6. The number of hydrogen-bond acceptors (Lipinski definition) is 2. The largest absolute Gasteiger partial charge is 0.378 e. The van der Waals surface area contributed by atoms with Crippen LogP contribution in [0.2, 0.25) is 0 Å². The van der Waals surface area contributed by atoms with Crippen molar-refractivity contribution < 1.29 is 13.2 Å². The maximum absolute atomic E-state index is 13.6. The summed E-state index contributed by atoms with van der Waals surface area (Å²) in [7, 11) is 0. The van der Waals surface area contributed by atoms with Crippen LogP contribution in [0.3, 0.4) is 0 Å². The Kier molecular flexibility index (Phi) is 3.94. The Morgan fingerprint density at radius 1 is 1.10 bits per heavy atom. The number of halogens is 3. The van der Waals surface area contributed by atoms with Crippen LogP contribution in [0.1, 0.15) is 24.1 Å². The highest BCUT2D eigenvalue weighted by molar-refractivity contribution is 5.51. The molecule has 0 heterocycles. The standard InChI is InChI=1S/C15H11F3N2/c1-9(12-3-2-4-14(17)15(12)18)20-11-5-6-13(16)10(7-11)8-19/h2-7,9,20H,1H3. The van der Waals surface area contributed by atoms with Gasteiger partial charge in [0.25, 0.3) is 0 Å². The molecule has 102 valence electrons. The van der Waals surface area contributed by atoms with Crippen LogP contribution in [0.25, 0.3) is 0 Å². The van der Waals surface area contributed by atoms with E-state index < -0.39 is 23.5 Å². The van der Waals surface area contributed by atoms with Crippen LogP contribution in [0.4, 0.5) is 18.9 Å². The average Bonchev–Trinajstić information content (AvgIpc) is 2.43. The quantitative estimate of drug-likeness (QED) is 0.914. The summed E-state index contributed by atoms with van der Waals surface area (Å²) < 4.78 is 40.0. The Bertz CT molecular complexity index is 677. The van der Waals surface area contributed by atoms with Crippen molar-refractivity contribution in [1.82, 2.24) is 0 Å². The number of nitrogens with zero attached hydrogens (tertiary/aromatic N) is 1. The third kappa shape index (κ3) is 2.75. The lowest BCUT2D eigenvalue weighted by atomic mass is 10.1. The fourth-order valence-electron chi connectivity index (χ4n) is 1.88. The molecule has 0 bridgehead atoms. The van der Waals surface area contributed by atoms with Gasteiger partial charge in [-0.15, -0.1) is 0 Å². The summed E-state index contributed by atoms with van der Waals surface area (Å²) in [6.07, 6.45) is 0. The first kappa shape index (κ1) is 13.9. The van der Waals surface area contributed by atoms with Gasteiger partial charge in [-0.25, -0.2) is 13.2 Å². The van der Waals surface area contributed by atoms with Gasteiger partial charge < -0.3 is 5.32 Å². The van der Waals surface area contributed by atoms with Gasteiger partial charge in [-0.05, 0) is 31.2 Å². The van der Waals surface area contributed by atoms with E-state index in [0.29, 0.717) is 5.69 Å². The maximum Gasteiger partial charge on any atom is 0.164 e. The van der Waals surface area contributed by atoms with Crippen molar-refractivity contribution in [1.29, 1.82) is 5.26 Å². The Morgan fingerprint density at radius 2 is 1.85 bits per heavy atom. The lowest BCUT2D eigenvalue weighted by molar-refractivity contribution is 0.494. The van der Waals surface area contributed by atoms with Crippen molar-refractivity contribution in [2.24, 2.45) is 0 Å². The molecule has 1 atom stereocenters. The minimum Gasteiger partial charge on any atom is -0.378 e. The summed E-state index contributed by atoms with van der Waals surface area (Å²) in [5.41, 5.74) is 0.508. The lowest BCUT2D eigenvalue weighted by Gasteiger charge is -2.16. The summed E-state index contributed by atoms with van der Waals surface area (Å²) in [5.74, 6) is -2.47. The van der Waals surface area contributed by atoms with Crippen LogP contribution in [0, 0.1) is 28.8 Å². The van der Waals surface area contributed by atoms with Crippen molar-refractivity contribution in [3.8, 4) is 6.07 Å². The Balaban J connectivity index is 2.26. The van der Waals surface area contributed by atoms with Gasteiger partial charge in [0.1, 0.15) is 11.9 Å². The molecule has 1 N–H and O–H groups in total. The molecule has 0 aromatic heterocycles. The third-order valence-corrected chi connectivity index (χ3v) is 2.92. The van der Waals surface area contributed by atoms with Gasteiger partial charge in [0.15, 0.2) is 11.6 Å². The van der Waals surface area contributed by atoms with E-state index >= 15 is 0 Å². The Labute approximate surface area is 114 Å². The van der Waals surface area contributed by atoms with E-state index in [4.69, 9.17) is 5.26 Å². The topological polar surface area (TPSA) is 35.8 Å². The van der Waals surface area contributed by atoms with E-state index in [2.05, 4.69) is 5.32 Å². The van der Waals surface area contributed by atoms with Gasteiger partial charge >= 0.3 is 0 Å². The fourth-order valence-corrected chi connectivity index (χ4v) is 1.88. The number of anilines is 1. The molecule has 20 heavy (non-hydrogen) atoms. The van der Waals surface area contributed by atoms with Gasteiger partial charge in [-0.2, -0.15) is 5.26 Å². The van der Waals surface area contributed by atoms with Gasteiger partial charge in [0.05, 0.1) is 11.6 Å². The summed E-state index contributed by atoms with van der Waals surface area (Å²) in [6.45, 7) is 1.65. The molecule has 0 fully saturated rings. The predicted octanol–water partition coefficient (Wildman–Crippen LogP) is 4.15. The highest BCUT2D eigenvalue weighted by atomic mass is 19.2. The molecule has 0 amide bonds. The first-order valence-corrected chi connectivity index (χ1v) is 5.93. The van der Waals surface area contributed by atoms with Crippen molar-refractivity contribution in [3.63, 3.8) is 0 Å². The molecule has 2 aromatic rings. The third-order valence-electron chi connectivity index (χ3n) is 2.92. The molecule has 2 rings (SSSR count). The van der Waals surface area contributed by atoms with E-state index in [-0.39, 0.29) is 11.1 Å². The van der Waals surface area contributed by atoms with Crippen LogP contribution < -0.4 is 5.32 Å². The van der Waals surface area contributed by atoms with Crippen LogP contribution in [0.15, 0.2) is 36.4 Å². The van der Waals surface area contributed by atoms with Crippen molar-refractivity contribution in [2.45, 2.75) is 13.0 Å². The molecule has 2 nitrogen and oxygen atoms in total. The SMILES string of the molecule is CC(Nc1ccc(F)c(C#N)c1)c1cccc(F)c1F. The summed E-state index contributed by atoms with van der Waals surface area (Å²) in [4.78, 5) is 0. The van der Waals surface area contributed by atoms with Crippen LogP contribution in [0.5, 0.6) is 0 Å². The predicted molar refractivity (Wildman–Crippen MR) is 69.5 cm³/mol. The fraction of sp³-hybridized carbons (Fsp3) is 0.133. The number of nitrogens with one attached hydrogen (secondary N) is 1. The minimum atomic E-state index is -0.923. The zero-order chi connectivity index (χ0) is 14.7. The van der Waals surface area contributed by atoms with Gasteiger partial charge in [-0.1, -0.05) is 12.1 Å². The summed E-state index contributed by atoms with van der Waals surface area (Å²) in [6, 6.07) is 9.02.